The molecule has 4 aromatic rings. The molecule has 33 heavy (non-hydrogen) atoms. The lowest BCUT2D eigenvalue weighted by molar-refractivity contribution is -0.384. The van der Waals surface area contributed by atoms with Crippen LogP contribution in [-0.2, 0) is 24.4 Å². The maximum Gasteiger partial charge on any atom is 0.331 e. The summed E-state index contributed by atoms with van der Waals surface area (Å²) in [6.45, 7) is 0.352. The largest absolute Gasteiger partial charge is 0.352 e. The molecule has 2 aromatic heterocycles. The normalized spacial score (nSPS) is 10.9. The number of carbonyl (C=O) groups excluding carboxylic acids is 1. The molecular formula is C23H20N4O5S. The molecule has 2 aromatic carbocycles. The number of non-ortho nitro benzene ring substituents is 1. The number of hydrogen-bond acceptors (Lipinski definition) is 6. The van der Waals surface area contributed by atoms with E-state index in [0.717, 1.165) is 10.1 Å². The van der Waals surface area contributed by atoms with E-state index >= 15 is 0 Å². The summed E-state index contributed by atoms with van der Waals surface area (Å²) in [5.41, 5.74) is 0.883. The number of nitro benzene ring substituents is 1. The van der Waals surface area contributed by atoms with Crippen LogP contribution in [0.4, 0.5) is 5.69 Å². The Morgan fingerprint density at radius 1 is 1.00 bits per heavy atom. The van der Waals surface area contributed by atoms with E-state index < -0.39 is 16.2 Å². The number of fused-ring (bicyclic) bond motifs is 1. The molecule has 1 amide bonds. The maximum atomic E-state index is 13.2. The molecule has 0 aliphatic carbocycles. The van der Waals surface area contributed by atoms with Crippen LogP contribution in [0.2, 0.25) is 0 Å². The summed E-state index contributed by atoms with van der Waals surface area (Å²) in [6, 6.07) is 17.1. The van der Waals surface area contributed by atoms with E-state index in [1.165, 1.54) is 28.0 Å². The molecule has 0 unspecified atom stereocenters. The highest BCUT2D eigenvalue weighted by atomic mass is 32.1. The summed E-state index contributed by atoms with van der Waals surface area (Å²) < 4.78 is 2.86. The van der Waals surface area contributed by atoms with Crippen molar-refractivity contribution in [3.63, 3.8) is 0 Å². The van der Waals surface area contributed by atoms with E-state index in [0.29, 0.717) is 22.3 Å². The summed E-state index contributed by atoms with van der Waals surface area (Å²) in [5.74, 6) is -0.276. The third kappa shape index (κ3) is 4.90. The van der Waals surface area contributed by atoms with Gasteiger partial charge in [0.05, 0.1) is 17.0 Å². The molecule has 0 saturated heterocycles. The molecule has 9 nitrogen and oxygen atoms in total. The van der Waals surface area contributed by atoms with Crippen molar-refractivity contribution in [2.75, 3.05) is 0 Å². The summed E-state index contributed by atoms with van der Waals surface area (Å²) in [5, 5.41) is 15.6. The summed E-state index contributed by atoms with van der Waals surface area (Å²) >= 11 is 1.21. The minimum atomic E-state index is -0.562. The highest BCUT2D eigenvalue weighted by molar-refractivity contribution is 7.17. The van der Waals surface area contributed by atoms with E-state index in [2.05, 4.69) is 5.32 Å². The van der Waals surface area contributed by atoms with Crippen molar-refractivity contribution >= 4 is 33.1 Å². The fourth-order valence-corrected chi connectivity index (χ4v) is 4.38. The van der Waals surface area contributed by atoms with E-state index in [-0.39, 0.29) is 31.1 Å². The van der Waals surface area contributed by atoms with E-state index in [1.807, 2.05) is 30.3 Å². The lowest BCUT2D eigenvalue weighted by atomic mass is 10.2. The minimum Gasteiger partial charge on any atom is -0.352 e. The minimum absolute atomic E-state index is 0.0321. The van der Waals surface area contributed by atoms with Crippen molar-refractivity contribution in [2.24, 2.45) is 0 Å². The first kappa shape index (κ1) is 22.2. The molecule has 0 atom stereocenters. The standard InChI is InChI=1S/C23H20N4O5S/c28-20(24-14-16-5-2-1-3-6-16)9-11-25-22(29)21-19(10-12-33-21)26(23(25)30)15-17-7-4-8-18(13-17)27(31)32/h1-8,10,12-13H,9,11,14-15H2,(H,24,28). The van der Waals surface area contributed by atoms with Crippen LogP contribution in [0, 0.1) is 10.1 Å². The monoisotopic (exact) mass is 464 g/mol. The first-order chi connectivity index (χ1) is 15.9. The number of nitrogens with zero attached hydrogens (tertiary/aromatic N) is 3. The first-order valence-electron chi connectivity index (χ1n) is 10.2. The Labute approximate surface area is 191 Å². The fraction of sp³-hybridized carbons (Fsp3) is 0.174. The molecule has 0 aliphatic rings. The van der Waals surface area contributed by atoms with Crippen LogP contribution in [0.25, 0.3) is 10.2 Å². The van der Waals surface area contributed by atoms with Gasteiger partial charge >= 0.3 is 5.69 Å². The molecule has 168 valence electrons. The third-order valence-electron chi connectivity index (χ3n) is 5.19. The lowest BCUT2D eigenvalue weighted by Crippen LogP contribution is -2.40. The predicted molar refractivity (Wildman–Crippen MR) is 125 cm³/mol. The number of amides is 1. The SMILES string of the molecule is O=C(CCn1c(=O)c2sccc2n(Cc2cccc([N+](=O)[O-])c2)c1=O)NCc1ccccc1. The van der Waals surface area contributed by atoms with Gasteiger partial charge in [0.25, 0.3) is 11.2 Å². The Morgan fingerprint density at radius 2 is 1.76 bits per heavy atom. The highest BCUT2D eigenvalue weighted by Gasteiger charge is 2.16. The lowest BCUT2D eigenvalue weighted by Gasteiger charge is -2.12. The van der Waals surface area contributed by atoms with Crippen molar-refractivity contribution in [1.29, 1.82) is 0 Å². The van der Waals surface area contributed by atoms with Crippen molar-refractivity contribution in [1.82, 2.24) is 14.5 Å². The van der Waals surface area contributed by atoms with Crippen LogP contribution in [0.15, 0.2) is 75.6 Å². The first-order valence-corrected chi connectivity index (χ1v) is 11.1. The number of thiophene rings is 1. The highest BCUT2D eigenvalue weighted by Crippen LogP contribution is 2.18. The number of nitrogens with one attached hydrogen (secondary N) is 1. The van der Waals surface area contributed by atoms with Crippen molar-refractivity contribution in [2.45, 2.75) is 26.1 Å². The topological polar surface area (TPSA) is 116 Å². The average Bonchev–Trinajstić information content (AvgIpc) is 3.31. The molecule has 0 bridgehead atoms. The molecule has 0 aliphatic heterocycles. The second-order valence-corrected chi connectivity index (χ2v) is 8.32. The Morgan fingerprint density at radius 3 is 2.52 bits per heavy atom. The molecule has 0 saturated carbocycles. The second-order valence-electron chi connectivity index (χ2n) is 7.40. The Bertz CT molecular complexity index is 1440. The van der Waals surface area contributed by atoms with Gasteiger partial charge in [-0.15, -0.1) is 11.3 Å². The number of hydrogen-bond donors (Lipinski definition) is 1. The molecule has 4 rings (SSSR count). The summed E-state index contributed by atoms with van der Waals surface area (Å²) in [7, 11) is 0. The average molecular weight is 465 g/mol. The van der Waals surface area contributed by atoms with Gasteiger partial charge in [-0.2, -0.15) is 0 Å². The summed E-state index contributed by atoms with van der Waals surface area (Å²) in [6.07, 6.45) is -0.0321. The predicted octanol–water partition coefficient (Wildman–Crippen LogP) is 2.89. The van der Waals surface area contributed by atoms with E-state index in [1.54, 1.807) is 23.6 Å². The molecule has 2 heterocycles. The number of carbonyl (C=O) groups is 1. The Balaban J connectivity index is 1.58. The number of aromatic nitrogens is 2. The zero-order chi connectivity index (χ0) is 23.4. The molecule has 0 spiro atoms. The zero-order valence-corrected chi connectivity index (χ0v) is 18.3. The molecule has 0 fully saturated rings. The van der Waals surface area contributed by atoms with Crippen LogP contribution in [0.5, 0.6) is 0 Å². The van der Waals surface area contributed by atoms with E-state index in [4.69, 9.17) is 0 Å². The number of nitro groups is 1. The van der Waals surface area contributed by atoms with Crippen LogP contribution in [0.3, 0.4) is 0 Å². The second kappa shape index (κ2) is 9.61. The van der Waals surface area contributed by atoms with Crippen molar-refractivity contribution < 1.29 is 9.72 Å². The smallest absolute Gasteiger partial charge is 0.331 e. The van der Waals surface area contributed by atoms with Crippen LogP contribution >= 0.6 is 11.3 Å². The Hall–Kier alpha value is -4.05. The van der Waals surface area contributed by atoms with Gasteiger partial charge in [-0.05, 0) is 22.6 Å². The quantitative estimate of drug-likeness (QED) is 0.318. The van der Waals surface area contributed by atoms with Crippen LogP contribution in [-0.4, -0.2) is 20.0 Å². The zero-order valence-electron chi connectivity index (χ0n) is 17.5. The van der Waals surface area contributed by atoms with Crippen molar-refractivity contribution in [3.8, 4) is 0 Å². The number of rotatable bonds is 8. The van der Waals surface area contributed by atoms with Crippen LogP contribution in [0.1, 0.15) is 17.5 Å². The van der Waals surface area contributed by atoms with Gasteiger partial charge in [-0.1, -0.05) is 42.5 Å². The van der Waals surface area contributed by atoms with Gasteiger partial charge in [-0.25, -0.2) is 4.79 Å². The van der Waals surface area contributed by atoms with Gasteiger partial charge in [-0.3, -0.25) is 28.8 Å². The van der Waals surface area contributed by atoms with Crippen molar-refractivity contribution in [3.05, 3.63) is 108 Å². The Kier molecular flexibility index (Phi) is 6.45. The maximum absolute atomic E-state index is 13.2. The van der Waals surface area contributed by atoms with Crippen LogP contribution < -0.4 is 16.6 Å². The van der Waals surface area contributed by atoms with Gasteiger partial charge in [0, 0.05) is 31.6 Å². The van der Waals surface area contributed by atoms with Gasteiger partial charge in [0.2, 0.25) is 5.91 Å². The molecule has 10 heteroatoms. The van der Waals surface area contributed by atoms with Gasteiger partial charge in [0.1, 0.15) is 4.70 Å². The van der Waals surface area contributed by atoms with E-state index in [9.17, 15) is 24.5 Å². The fourth-order valence-electron chi connectivity index (χ4n) is 3.53. The molecular weight excluding hydrogens is 444 g/mol. The van der Waals surface area contributed by atoms with Gasteiger partial charge < -0.3 is 5.32 Å². The number of benzene rings is 2. The van der Waals surface area contributed by atoms with Gasteiger partial charge in [0.15, 0.2) is 0 Å². The molecule has 0 radical (unpaired) electrons. The molecule has 1 N–H and O–H groups in total. The summed E-state index contributed by atoms with van der Waals surface area (Å²) in [4.78, 5) is 49.0. The third-order valence-corrected chi connectivity index (χ3v) is 6.09.